The summed E-state index contributed by atoms with van der Waals surface area (Å²) in [7, 11) is 2.17. The molecule has 1 aliphatic rings. The van der Waals surface area contributed by atoms with E-state index in [-0.39, 0.29) is 5.65 Å². The van der Waals surface area contributed by atoms with E-state index in [1.165, 1.54) is 19.5 Å². The summed E-state index contributed by atoms with van der Waals surface area (Å²) in [6.07, 6.45) is 4.76. The number of aliphatic imine (C=N–C) groups is 1. The zero-order chi connectivity index (χ0) is 12.8. The van der Waals surface area contributed by atoms with Crippen molar-refractivity contribution in [3.63, 3.8) is 0 Å². The van der Waals surface area contributed by atoms with E-state index in [0.29, 0.717) is 3.92 Å². The van der Waals surface area contributed by atoms with Gasteiger partial charge in [-0.2, -0.15) is 0 Å². The van der Waals surface area contributed by atoms with E-state index in [1.807, 2.05) is 11.8 Å². The number of allylic oxidation sites excluding steroid dienone is 2. The third kappa shape index (κ3) is 4.99. The third-order valence-corrected chi connectivity index (χ3v) is 12.8. The zero-order valence-electron chi connectivity index (χ0n) is 10.7. The first kappa shape index (κ1) is 15.6. The van der Waals surface area contributed by atoms with Crippen molar-refractivity contribution in [2.75, 3.05) is 10.2 Å². The second kappa shape index (κ2) is 7.90. The molecule has 98 valence electrons. The van der Waals surface area contributed by atoms with Crippen LogP contribution in [0.25, 0.3) is 0 Å². The summed E-state index contributed by atoms with van der Waals surface area (Å²) < 4.78 is 3.19. The van der Waals surface area contributed by atoms with Gasteiger partial charge in [-0.3, -0.25) is 0 Å². The maximum atomic E-state index is 11.1. The SMILES string of the molecule is CC/C(C)=C\C(CC)I1CCSC1=NC(=O)P. The molecule has 1 fully saturated rings. The summed E-state index contributed by atoms with van der Waals surface area (Å²) in [4.78, 5) is 15.3. The number of thioether (sulfide) groups is 1. The van der Waals surface area contributed by atoms with E-state index in [1.54, 1.807) is 0 Å². The molecule has 0 saturated carbocycles. The summed E-state index contributed by atoms with van der Waals surface area (Å²) in [5, 5.41) is 0. The standard InChI is InChI=1S/C12H21INOPS/c1-4-9(3)8-10(5-2)13-6-7-17-11(13)14-12(15)16/h8,10H,4-7,16H2,1-3H3/b9-8-,14-11?. The van der Waals surface area contributed by atoms with Crippen LogP contribution in [0.2, 0.25) is 0 Å². The van der Waals surface area contributed by atoms with E-state index in [9.17, 15) is 4.79 Å². The average Bonchev–Trinajstić information content (AvgIpc) is 2.72. The molecule has 0 bridgehead atoms. The fourth-order valence-electron chi connectivity index (χ4n) is 1.60. The Kier molecular flexibility index (Phi) is 7.27. The monoisotopic (exact) mass is 385 g/mol. The van der Waals surface area contributed by atoms with Gasteiger partial charge in [-0.15, -0.1) is 0 Å². The third-order valence-electron chi connectivity index (χ3n) is 2.66. The molecule has 1 heterocycles. The molecule has 17 heavy (non-hydrogen) atoms. The molecule has 0 radical (unpaired) electrons. The van der Waals surface area contributed by atoms with Gasteiger partial charge < -0.3 is 0 Å². The Bertz CT molecular complexity index is 343. The fraction of sp³-hybridized carbons (Fsp3) is 0.667. The average molecular weight is 385 g/mol. The Morgan fingerprint density at radius 2 is 2.35 bits per heavy atom. The van der Waals surface area contributed by atoms with Crippen LogP contribution < -0.4 is 0 Å². The minimum absolute atomic E-state index is 0.109. The van der Waals surface area contributed by atoms with Crippen molar-refractivity contribution < 1.29 is 4.79 Å². The van der Waals surface area contributed by atoms with Crippen LogP contribution in [-0.2, 0) is 0 Å². The number of alkyl halides is 2. The molecule has 5 heteroatoms. The van der Waals surface area contributed by atoms with Crippen molar-refractivity contribution in [2.45, 2.75) is 37.5 Å². The molecule has 2 atom stereocenters. The van der Waals surface area contributed by atoms with Crippen molar-refractivity contribution in [3.8, 4) is 0 Å². The summed E-state index contributed by atoms with van der Waals surface area (Å²) in [5.74, 6) is 1.16. The van der Waals surface area contributed by atoms with E-state index < -0.39 is 19.8 Å². The zero-order valence-corrected chi connectivity index (χ0v) is 14.8. The molecule has 0 aromatic heterocycles. The fourth-order valence-corrected chi connectivity index (χ4v) is 12.6. The maximum absolute atomic E-state index is 11.1. The van der Waals surface area contributed by atoms with Crippen molar-refractivity contribution in [3.05, 3.63) is 11.6 Å². The molecule has 1 aliphatic heterocycles. The summed E-state index contributed by atoms with van der Waals surface area (Å²) >= 11 is 0.588. The number of carbonyl (C=O) groups excluding carboxylic acids is 1. The normalized spacial score (nSPS) is 23.2. The van der Waals surface area contributed by atoms with Crippen LogP contribution in [0.1, 0.15) is 33.6 Å². The molecule has 0 aliphatic carbocycles. The summed E-state index contributed by atoms with van der Waals surface area (Å²) in [5.41, 5.74) is 1.37. The van der Waals surface area contributed by atoms with Gasteiger partial charge in [0.15, 0.2) is 0 Å². The van der Waals surface area contributed by atoms with Crippen LogP contribution in [0.4, 0.5) is 4.79 Å². The Labute approximate surface area is 118 Å². The first-order chi connectivity index (χ1) is 8.08. The van der Waals surface area contributed by atoms with Gasteiger partial charge in [-0.25, -0.2) is 0 Å². The summed E-state index contributed by atoms with van der Waals surface area (Å²) in [6.45, 7) is 6.66. The van der Waals surface area contributed by atoms with Gasteiger partial charge >= 0.3 is 119 Å². The second-order valence-corrected chi connectivity index (χ2v) is 12.2. The summed E-state index contributed by atoms with van der Waals surface area (Å²) in [6, 6.07) is 0. The Morgan fingerprint density at radius 1 is 1.65 bits per heavy atom. The van der Waals surface area contributed by atoms with Crippen LogP contribution in [0.5, 0.6) is 0 Å². The van der Waals surface area contributed by atoms with Gasteiger partial charge in [0.2, 0.25) is 0 Å². The van der Waals surface area contributed by atoms with Crippen molar-refractivity contribution in [1.82, 2.24) is 0 Å². The van der Waals surface area contributed by atoms with Crippen molar-refractivity contribution in [2.24, 2.45) is 4.99 Å². The molecule has 0 N–H and O–H groups in total. The number of halogens is 1. The van der Waals surface area contributed by atoms with E-state index in [4.69, 9.17) is 0 Å². The van der Waals surface area contributed by atoms with Crippen molar-refractivity contribution >= 4 is 49.5 Å². The van der Waals surface area contributed by atoms with Gasteiger partial charge in [-0.05, 0) is 0 Å². The van der Waals surface area contributed by atoms with Crippen LogP contribution in [0.15, 0.2) is 16.6 Å². The second-order valence-electron chi connectivity index (χ2n) is 3.93. The van der Waals surface area contributed by atoms with Gasteiger partial charge in [0.25, 0.3) is 0 Å². The van der Waals surface area contributed by atoms with Gasteiger partial charge in [-0.1, -0.05) is 0 Å². The molecule has 2 unspecified atom stereocenters. The Morgan fingerprint density at radius 3 is 2.88 bits per heavy atom. The molecule has 2 nitrogen and oxygen atoms in total. The van der Waals surface area contributed by atoms with Gasteiger partial charge in [0, 0.05) is 0 Å². The number of hydrogen-bond donors (Lipinski definition) is 0. The van der Waals surface area contributed by atoms with Gasteiger partial charge in [0.1, 0.15) is 0 Å². The quantitative estimate of drug-likeness (QED) is 0.303. The Hall–Kier alpha value is 0.590. The van der Waals surface area contributed by atoms with Crippen molar-refractivity contribution in [1.29, 1.82) is 0 Å². The Balaban J connectivity index is 2.84. The first-order valence-corrected chi connectivity index (χ1v) is 11.3. The molecule has 0 aromatic carbocycles. The van der Waals surface area contributed by atoms with Gasteiger partial charge in [0.05, 0.1) is 0 Å². The van der Waals surface area contributed by atoms with E-state index >= 15 is 0 Å². The first-order valence-electron chi connectivity index (χ1n) is 5.91. The number of hydrogen-bond acceptors (Lipinski definition) is 2. The van der Waals surface area contributed by atoms with Crippen LogP contribution in [0.3, 0.4) is 0 Å². The van der Waals surface area contributed by atoms with Crippen LogP contribution in [-0.4, -0.2) is 22.8 Å². The van der Waals surface area contributed by atoms with Crippen LogP contribution >= 0.6 is 40.8 Å². The molecule has 1 amide bonds. The number of rotatable bonds is 4. The topological polar surface area (TPSA) is 29.4 Å². The minimum atomic E-state index is -1.23. The molecular formula is C12H21INOPS. The number of amides is 1. The number of nitrogens with zero attached hydrogens (tertiary/aromatic N) is 1. The molecule has 0 spiro atoms. The molecular weight excluding hydrogens is 364 g/mol. The van der Waals surface area contributed by atoms with E-state index in [2.05, 4.69) is 41.1 Å². The molecule has 1 rings (SSSR count). The molecule has 0 aromatic rings. The molecule has 1 saturated heterocycles. The predicted molar refractivity (Wildman–Crippen MR) is 92.0 cm³/mol. The predicted octanol–water partition coefficient (Wildman–Crippen LogP) is 4.73. The van der Waals surface area contributed by atoms with Crippen LogP contribution in [0, 0.1) is 0 Å². The number of carbonyl (C=O) groups is 1. The van der Waals surface area contributed by atoms with E-state index in [0.717, 1.165) is 12.2 Å².